The SMILES string of the molecule is N#Cc1ccc(Oc2nnc(Br)s2)cc1F. The predicted molar refractivity (Wildman–Crippen MR) is 58.8 cm³/mol. The lowest BCUT2D eigenvalue weighted by Crippen LogP contribution is -1.87. The zero-order valence-electron chi connectivity index (χ0n) is 7.65. The highest BCUT2D eigenvalue weighted by atomic mass is 79.9. The highest BCUT2D eigenvalue weighted by molar-refractivity contribution is 9.11. The third kappa shape index (κ3) is 2.35. The van der Waals surface area contributed by atoms with Gasteiger partial charge in [0, 0.05) is 6.07 Å². The summed E-state index contributed by atoms with van der Waals surface area (Å²) < 4.78 is 19.0. The predicted octanol–water partition coefficient (Wildman–Crippen LogP) is 3.10. The van der Waals surface area contributed by atoms with Crippen molar-refractivity contribution >= 4 is 27.3 Å². The smallest absolute Gasteiger partial charge is 0.300 e. The molecule has 16 heavy (non-hydrogen) atoms. The maximum Gasteiger partial charge on any atom is 0.300 e. The monoisotopic (exact) mass is 299 g/mol. The van der Waals surface area contributed by atoms with Crippen LogP contribution in [0.3, 0.4) is 0 Å². The van der Waals surface area contributed by atoms with Crippen LogP contribution in [-0.4, -0.2) is 10.2 Å². The Bertz CT molecular complexity index is 566. The van der Waals surface area contributed by atoms with E-state index in [4.69, 9.17) is 10.00 Å². The summed E-state index contributed by atoms with van der Waals surface area (Å²) in [6.07, 6.45) is 0. The summed E-state index contributed by atoms with van der Waals surface area (Å²) in [6, 6.07) is 5.70. The number of hydrogen-bond donors (Lipinski definition) is 0. The van der Waals surface area contributed by atoms with Crippen LogP contribution >= 0.6 is 27.3 Å². The average Bonchev–Trinajstić information content (AvgIpc) is 2.64. The zero-order valence-corrected chi connectivity index (χ0v) is 10.0. The first-order valence-corrected chi connectivity index (χ1v) is 5.66. The lowest BCUT2D eigenvalue weighted by atomic mass is 10.2. The first-order chi connectivity index (χ1) is 7.69. The van der Waals surface area contributed by atoms with Crippen LogP contribution in [0.2, 0.25) is 0 Å². The molecule has 80 valence electrons. The van der Waals surface area contributed by atoms with Crippen LogP contribution in [0.25, 0.3) is 0 Å². The molecule has 0 aliphatic carbocycles. The molecule has 1 aromatic carbocycles. The number of rotatable bonds is 2. The number of nitrogens with zero attached hydrogens (tertiary/aromatic N) is 3. The summed E-state index contributed by atoms with van der Waals surface area (Å²) in [4.78, 5) is 0. The van der Waals surface area contributed by atoms with Crippen LogP contribution in [0.15, 0.2) is 22.1 Å². The minimum atomic E-state index is -0.622. The van der Waals surface area contributed by atoms with Crippen molar-refractivity contribution in [3.05, 3.63) is 33.5 Å². The van der Waals surface area contributed by atoms with Gasteiger partial charge in [0.15, 0.2) is 3.92 Å². The summed E-state index contributed by atoms with van der Waals surface area (Å²) in [7, 11) is 0. The van der Waals surface area contributed by atoms with E-state index in [-0.39, 0.29) is 11.3 Å². The van der Waals surface area contributed by atoms with Gasteiger partial charge in [-0.2, -0.15) is 5.26 Å². The van der Waals surface area contributed by atoms with Crippen molar-refractivity contribution in [3.63, 3.8) is 0 Å². The van der Waals surface area contributed by atoms with Crippen LogP contribution in [0.5, 0.6) is 10.9 Å². The van der Waals surface area contributed by atoms with Gasteiger partial charge in [-0.25, -0.2) is 4.39 Å². The number of nitriles is 1. The molecule has 2 aromatic rings. The molecular weight excluding hydrogens is 297 g/mol. The Morgan fingerprint density at radius 3 is 2.81 bits per heavy atom. The maximum atomic E-state index is 13.2. The lowest BCUT2D eigenvalue weighted by molar-refractivity contribution is 0.467. The van der Waals surface area contributed by atoms with Crippen LogP contribution in [0.1, 0.15) is 5.56 Å². The van der Waals surface area contributed by atoms with Crippen molar-refractivity contribution in [3.8, 4) is 17.0 Å². The Hall–Kier alpha value is -1.52. The molecule has 2 rings (SSSR count). The molecule has 0 unspecified atom stereocenters. The second-order valence-corrected chi connectivity index (χ2v) is 4.89. The van der Waals surface area contributed by atoms with E-state index in [1.165, 1.54) is 23.5 Å². The normalized spacial score (nSPS) is 9.81. The summed E-state index contributed by atoms with van der Waals surface area (Å²) >= 11 is 4.31. The fourth-order valence-electron chi connectivity index (χ4n) is 0.985. The van der Waals surface area contributed by atoms with E-state index in [0.29, 0.717) is 9.11 Å². The topological polar surface area (TPSA) is 58.8 Å². The third-order valence-corrected chi connectivity index (χ3v) is 2.88. The van der Waals surface area contributed by atoms with Gasteiger partial charge in [0.1, 0.15) is 17.6 Å². The lowest BCUT2D eigenvalue weighted by Gasteiger charge is -2.00. The van der Waals surface area contributed by atoms with Crippen molar-refractivity contribution in [1.82, 2.24) is 10.2 Å². The number of ether oxygens (including phenoxy) is 1. The Kier molecular flexibility index (Phi) is 3.12. The van der Waals surface area contributed by atoms with Crippen molar-refractivity contribution in [1.29, 1.82) is 5.26 Å². The van der Waals surface area contributed by atoms with Gasteiger partial charge in [-0.15, -0.1) is 5.10 Å². The van der Waals surface area contributed by atoms with Gasteiger partial charge in [-0.1, -0.05) is 5.10 Å². The van der Waals surface area contributed by atoms with E-state index in [0.717, 1.165) is 6.07 Å². The van der Waals surface area contributed by atoms with Gasteiger partial charge >= 0.3 is 0 Å². The molecular formula is C9H3BrFN3OS. The highest BCUT2D eigenvalue weighted by Crippen LogP contribution is 2.28. The molecule has 0 amide bonds. The Morgan fingerprint density at radius 2 is 2.25 bits per heavy atom. The number of hydrogen-bond acceptors (Lipinski definition) is 5. The number of halogens is 2. The van der Waals surface area contributed by atoms with Crippen LogP contribution in [0.4, 0.5) is 4.39 Å². The average molecular weight is 300 g/mol. The fourth-order valence-corrected chi connectivity index (χ4v) is 1.93. The molecule has 0 saturated heterocycles. The summed E-state index contributed by atoms with van der Waals surface area (Å²) in [5.41, 5.74) is -0.0224. The summed E-state index contributed by atoms with van der Waals surface area (Å²) in [5.74, 6) is -0.344. The summed E-state index contributed by atoms with van der Waals surface area (Å²) in [6.45, 7) is 0. The van der Waals surface area contributed by atoms with E-state index in [2.05, 4.69) is 26.1 Å². The van der Waals surface area contributed by atoms with E-state index in [9.17, 15) is 4.39 Å². The molecule has 4 nitrogen and oxygen atoms in total. The zero-order chi connectivity index (χ0) is 11.5. The van der Waals surface area contributed by atoms with Crippen LogP contribution in [0, 0.1) is 17.1 Å². The van der Waals surface area contributed by atoms with Crippen molar-refractivity contribution in [2.45, 2.75) is 0 Å². The van der Waals surface area contributed by atoms with Gasteiger partial charge in [0.25, 0.3) is 5.19 Å². The van der Waals surface area contributed by atoms with Crippen molar-refractivity contribution in [2.75, 3.05) is 0 Å². The number of benzene rings is 1. The molecule has 0 spiro atoms. The highest BCUT2D eigenvalue weighted by Gasteiger charge is 2.07. The molecule has 7 heteroatoms. The first kappa shape index (κ1) is 11.0. The Morgan fingerprint density at radius 1 is 1.44 bits per heavy atom. The minimum Gasteiger partial charge on any atom is -0.430 e. The molecule has 0 fully saturated rings. The van der Waals surface area contributed by atoms with Gasteiger partial charge in [-0.3, -0.25) is 0 Å². The second kappa shape index (κ2) is 4.55. The Labute approximate surface area is 102 Å². The second-order valence-electron chi connectivity index (χ2n) is 2.68. The van der Waals surface area contributed by atoms with Gasteiger partial charge in [0.05, 0.1) is 5.56 Å². The van der Waals surface area contributed by atoms with E-state index in [1.807, 2.05) is 0 Å². The number of aromatic nitrogens is 2. The quantitative estimate of drug-likeness (QED) is 0.855. The van der Waals surface area contributed by atoms with Gasteiger partial charge in [0.2, 0.25) is 0 Å². The van der Waals surface area contributed by atoms with Gasteiger partial charge < -0.3 is 4.74 Å². The van der Waals surface area contributed by atoms with Crippen molar-refractivity contribution < 1.29 is 9.13 Å². The first-order valence-electron chi connectivity index (χ1n) is 4.05. The van der Waals surface area contributed by atoms with Crippen LogP contribution in [-0.2, 0) is 0 Å². The van der Waals surface area contributed by atoms with Gasteiger partial charge in [-0.05, 0) is 39.4 Å². The van der Waals surface area contributed by atoms with E-state index < -0.39 is 5.82 Å². The fraction of sp³-hybridized carbons (Fsp3) is 0. The Balaban J connectivity index is 2.23. The van der Waals surface area contributed by atoms with E-state index >= 15 is 0 Å². The molecule has 0 bridgehead atoms. The molecule has 0 radical (unpaired) electrons. The molecule has 0 N–H and O–H groups in total. The molecule has 1 heterocycles. The molecule has 0 saturated carbocycles. The maximum absolute atomic E-state index is 13.2. The summed E-state index contributed by atoms with van der Waals surface area (Å²) in [5, 5.41) is 16.2. The molecule has 1 aromatic heterocycles. The van der Waals surface area contributed by atoms with E-state index in [1.54, 1.807) is 6.07 Å². The van der Waals surface area contributed by atoms with Crippen molar-refractivity contribution in [2.24, 2.45) is 0 Å². The van der Waals surface area contributed by atoms with Crippen LogP contribution < -0.4 is 4.74 Å². The largest absolute Gasteiger partial charge is 0.430 e. The minimum absolute atomic E-state index is 0.0224. The third-order valence-electron chi connectivity index (χ3n) is 1.65. The standard InChI is InChI=1S/C9H3BrFN3OS/c10-8-13-14-9(16-8)15-6-2-1-5(4-12)7(11)3-6/h1-3H. The molecule has 0 aliphatic rings. The molecule has 0 aliphatic heterocycles. The molecule has 0 atom stereocenters.